The molecule has 1 fully saturated rings. The molecule has 1 saturated carbocycles. The molecule has 2 aliphatic rings. The van der Waals surface area contributed by atoms with E-state index in [1.165, 1.54) is 0 Å². The highest BCUT2D eigenvalue weighted by molar-refractivity contribution is 6.02. The summed E-state index contributed by atoms with van der Waals surface area (Å²) in [6.07, 6.45) is 4.80. The SMILES string of the molecule is O=C1c2nc(-c3cccnc3)ccc2CN1C1(C(=O)NCc2ccccc2)CC1. The molecule has 0 radical (unpaired) electrons. The van der Waals surface area contributed by atoms with Crippen LogP contribution in [0.1, 0.15) is 34.5 Å². The van der Waals surface area contributed by atoms with Crippen molar-refractivity contribution < 1.29 is 9.59 Å². The van der Waals surface area contributed by atoms with E-state index >= 15 is 0 Å². The topological polar surface area (TPSA) is 75.2 Å². The second-order valence-corrected chi connectivity index (χ2v) is 7.54. The van der Waals surface area contributed by atoms with E-state index in [0.717, 1.165) is 16.7 Å². The van der Waals surface area contributed by atoms with Gasteiger partial charge in [0.05, 0.1) is 5.69 Å². The number of fused-ring (bicyclic) bond motifs is 1. The minimum Gasteiger partial charge on any atom is -0.350 e. The number of aromatic nitrogens is 2. The number of rotatable bonds is 5. The zero-order valence-corrected chi connectivity index (χ0v) is 15.8. The van der Waals surface area contributed by atoms with Crippen molar-refractivity contribution in [3.05, 3.63) is 83.8 Å². The Balaban J connectivity index is 1.35. The highest BCUT2D eigenvalue weighted by Gasteiger charge is 2.58. The molecule has 144 valence electrons. The first-order chi connectivity index (χ1) is 14.2. The largest absolute Gasteiger partial charge is 0.350 e. The van der Waals surface area contributed by atoms with Gasteiger partial charge in [0.15, 0.2) is 0 Å². The van der Waals surface area contributed by atoms with Crippen LogP contribution in [0.15, 0.2) is 67.0 Å². The van der Waals surface area contributed by atoms with Crippen LogP contribution >= 0.6 is 0 Å². The first-order valence-corrected chi connectivity index (χ1v) is 9.72. The van der Waals surface area contributed by atoms with E-state index in [-0.39, 0.29) is 11.8 Å². The Morgan fingerprint density at radius 2 is 1.90 bits per heavy atom. The van der Waals surface area contributed by atoms with E-state index in [0.29, 0.717) is 37.3 Å². The second-order valence-electron chi connectivity index (χ2n) is 7.54. The summed E-state index contributed by atoms with van der Waals surface area (Å²) < 4.78 is 0. The Morgan fingerprint density at radius 1 is 1.07 bits per heavy atom. The lowest BCUT2D eigenvalue weighted by Gasteiger charge is -2.26. The predicted octanol–water partition coefficient (Wildman–Crippen LogP) is 2.95. The number of hydrogen-bond donors (Lipinski definition) is 1. The van der Waals surface area contributed by atoms with E-state index < -0.39 is 5.54 Å². The van der Waals surface area contributed by atoms with Crippen molar-refractivity contribution in [1.29, 1.82) is 0 Å². The summed E-state index contributed by atoms with van der Waals surface area (Å²) in [6, 6.07) is 17.4. The van der Waals surface area contributed by atoms with Gasteiger partial charge in [-0.25, -0.2) is 4.98 Å². The van der Waals surface area contributed by atoms with Crippen molar-refractivity contribution in [1.82, 2.24) is 20.2 Å². The molecule has 0 unspecified atom stereocenters. The van der Waals surface area contributed by atoms with E-state index in [2.05, 4.69) is 15.3 Å². The number of nitrogens with zero attached hydrogens (tertiary/aromatic N) is 3. The molecule has 2 aromatic heterocycles. The lowest BCUT2D eigenvalue weighted by Crippen LogP contribution is -2.49. The molecular formula is C23H20N4O2. The van der Waals surface area contributed by atoms with Gasteiger partial charge in [-0.3, -0.25) is 14.6 Å². The first kappa shape index (κ1) is 17.6. The number of carbonyl (C=O) groups is 2. The summed E-state index contributed by atoms with van der Waals surface area (Å²) in [6.45, 7) is 0.882. The van der Waals surface area contributed by atoms with Crippen LogP contribution in [-0.2, 0) is 17.9 Å². The molecule has 0 atom stereocenters. The third kappa shape index (κ3) is 3.06. The Morgan fingerprint density at radius 3 is 2.62 bits per heavy atom. The lowest BCUT2D eigenvalue weighted by atomic mass is 10.1. The van der Waals surface area contributed by atoms with Crippen molar-refractivity contribution in [3.8, 4) is 11.3 Å². The normalized spacial score (nSPS) is 16.4. The third-order valence-electron chi connectivity index (χ3n) is 5.67. The maximum Gasteiger partial charge on any atom is 0.274 e. The minimum absolute atomic E-state index is 0.0880. The van der Waals surface area contributed by atoms with E-state index in [4.69, 9.17) is 0 Å². The van der Waals surface area contributed by atoms with E-state index in [1.807, 2.05) is 54.6 Å². The number of pyridine rings is 2. The summed E-state index contributed by atoms with van der Waals surface area (Å²) >= 11 is 0. The molecule has 6 nitrogen and oxygen atoms in total. The van der Waals surface area contributed by atoms with Gasteiger partial charge in [0.1, 0.15) is 11.2 Å². The summed E-state index contributed by atoms with van der Waals surface area (Å²) in [5, 5.41) is 3.00. The molecule has 0 bridgehead atoms. The predicted molar refractivity (Wildman–Crippen MR) is 108 cm³/mol. The molecule has 1 aliphatic carbocycles. The number of carbonyl (C=O) groups excluding carboxylic acids is 2. The zero-order valence-electron chi connectivity index (χ0n) is 15.8. The molecule has 1 aromatic carbocycles. The molecule has 5 rings (SSSR count). The van der Waals surface area contributed by atoms with E-state index in [1.54, 1.807) is 17.3 Å². The Labute approximate surface area is 168 Å². The van der Waals surface area contributed by atoms with Gasteiger partial charge in [-0.2, -0.15) is 0 Å². The Hall–Kier alpha value is -3.54. The van der Waals surface area contributed by atoms with E-state index in [9.17, 15) is 9.59 Å². The van der Waals surface area contributed by atoms with Crippen LogP contribution < -0.4 is 5.32 Å². The van der Waals surface area contributed by atoms with Crippen molar-refractivity contribution in [3.63, 3.8) is 0 Å². The maximum atomic E-state index is 13.1. The Kier molecular flexibility index (Phi) is 4.12. The molecule has 29 heavy (non-hydrogen) atoms. The fraction of sp³-hybridized carbons (Fsp3) is 0.217. The average molecular weight is 384 g/mol. The summed E-state index contributed by atoms with van der Waals surface area (Å²) in [7, 11) is 0. The molecule has 3 heterocycles. The lowest BCUT2D eigenvalue weighted by molar-refractivity contribution is -0.127. The standard InChI is InChI=1S/C23H20N4O2/c28-21-20-18(8-9-19(26-20)17-7-4-12-24-14-17)15-27(21)23(10-11-23)22(29)25-13-16-5-2-1-3-6-16/h1-9,12,14H,10-11,13,15H2,(H,25,29). The van der Waals surface area contributed by atoms with Crippen LogP contribution in [0.5, 0.6) is 0 Å². The summed E-state index contributed by atoms with van der Waals surface area (Å²) in [4.78, 5) is 36.4. The highest BCUT2D eigenvalue weighted by Crippen LogP contribution is 2.46. The molecule has 1 aliphatic heterocycles. The van der Waals surface area contributed by atoms with Crippen molar-refractivity contribution in [2.45, 2.75) is 31.5 Å². The van der Waals surface area contributed by atoms with Crippen molar-refractivity contribution >= 4 is 11.8 Å². The number of hydrogen-bond acceptors (Lipinski definition) is 4. The fourth-order valence-corrected chi connectivity index (χ4v) is 3.87. The van der Waals surface area contributed by atoms with Crippen LogP contribution in [-0.4, -0.2) is 32.2 Å². The zero-order chi connectivity index (χ0) is 19.8. The summed E-state index contributed by atoms with van der Waals surface area (Å²) in [5.41, 5.74) is 3.17. The van der Waals surface area contributed by atoms with Gasteiger partial charge < -0.3 is 10.2 Å². The number of benzene rings is 1. The smallest absolute Gasteiger partial charge is 0.274 e. The molecule has 2 amide bonds. The van der Waals surface area contributed by atoms with Gasteiger partial charge in [-0.1, -0.05) is 36.4 Å². The molecule has 1 N–H and O–H groups in total. The molecule has 6 heteroatoms. The monoisotopic (exact) mass is 384 g/mol. The second kappa shape index (κ2) is 6.81. The van der Waals surface area contributed by atoms with Gasteiger partial charge in [-0.05, 0) is 36.6 Å². The minimum atomic E-state index is -0.749. The average Bonchev–Trinajstić information content (AvgIpc) is 3.52. The van der Waals surface area contributed by atoms with Crippen LogP contribution in [0.25, 0.3) is 11.3 Å². The van der Waals surface area contributed by atoms with Crippen LogP contribution in [0.3, 0.4) is 0 Å². The number of nitrogens with one attached hydrogen (secondary N) is 1. The van der Waals surface area contributed by atoms with Gasteiger partial charge in [0.25, 0.3) is 5.91 Å². The highest BCUT2D eigenvalue weighted by atomic mass is 16.2. The first-order valence-electron chi connectivity index (χ1n) is 9.72. The van der Waals surface area contributed by atoms with Gasteiger partial charge in [0, 0.05) is 36.6 Å². The quantitative estimate of drug-likeness (QED) is 0.734. The number of amides is 2. The van der Waals surface area contributed by atoms with Gasteiger partial charge >= 0.3 is 0 Å². The van der Waals surface area contributed by atoms with Crippen LogP contribution in [0, 0.1) is 0 Å². The third-order valence-corrected chi connectivity index (χ3v) is 5.67. The van der Waals surface area contributed by atoms with Crippen LogP contribution in [0.4, 0.5) is 0 Å². The van der Waals surface area contributed by atoms with Crippen molar-refractivity contribution in [2.24, 2.45) is 0 Å². The fourth-order valence-electron chi connectivity index (χ4n) is 3.87. The maximum absolute atomic E-state index is 13.1. The van der Waals surface area contributed by atoms with Crippen molar-refractivity contribution in [2.75, 3.05) is 0 Å². The van der Waals surface area contributed by atoms with Gasteiger partial charge in [-0.15, -0.1) is 0 Å². The molecule has 0 spiro atoms. The molecule has 0 saturated heterocycles. The molecular weight excluding hydrogens is 364 g/mol. The summed E-state index contributed by atoms with van der Waals surface area (Å²) in [5.74, 6) is -0.256. The van der Waals surface area contributed by atoms with Gasteiger partial charge in [0.2, 0.25) is 5.91 Å². The molecule has 3 aromatic rings. The Bertz CT molecular complexity index is 1080. The van der Waals surface area contributed by atoms with Crippen LogP contribution in [0.2, 0.25) is 0 Å².